The van der Waals surface area contributed by atoms with E-state index in [9.17, 15) is 0 Å². The van der Waals surface area contributed by atoms with Crippen molar-refractivity contribution in [2.45, 2.75) is 0 Å². The van der Waals surface area contributed by atoms with Gasteiger partial charge >= 0.3 is 0 Å². The Balaban J connectivity index is 2.39. The van der Waals surface area contributed by atoms with Crippen molar-refractivity contribution in [3.05, 3.63) is 34.9 Å². The lowest BCUT2D eigenvalue weighted by atomic mass is 10.1. The maximum Gasteiger partial charge on any atom is 0.0891 e. The SMILES string of the molecule is Clc1ccccc1C1=NCNC1. The van der Waals surface area contributed by atoms with Gasteiger partial charge in [0.15, 0.2) is 0 Å². The van der Waals surface area contributed by atoms with E-state index in [0.29, 0.717) is 6.67 Å². The third kappa shape index (κ3) is 1.36. The van der Waals surface area contributed by atoms with E-state index < -0.39 is 0 Å². The van der Waals surface area contributed by atoms with Gasteiger partial charge in [-0.1, -0.05) is 29.8 Å². The monoisotopic (exact) mass is 180 g/mol. The van der Waals surface area contributed by atoms with Crippen molar-refractivity contribution in [2.24, 2.45) is 4.99 Å². The van der Waals surface area contributed by atoms with Gasteiger partial charge < -0.3 is 0 Å². The minimum Gasteiger partial charge on any atom is -0.293 e. The van der Waals surface area contributed by atoms with Gasteiger partial charge in [0.2, 0.25) is 0 Å². The molecule has 0 atom stereocenters. The second-order valence-corrected chi connectivity index (χ2v) is 3.08. The number of nitrogens with zero attached hydrogens (tertiary/aromatic N) is 1. The van der Waals surface area contributed by atoms with E-state index in [-0.39, 0.29) is 0 Å². The standard InChI is InChI=1S/C9H9ClN2/c10-8-4-2-1-3-7(8)9-5-11-6-12-9/h1-4,11H,5-6H2. The van der Waals surface area contributed by atoms with Crippen molar-refractivity contribution in [2.75, 3.05) is 13.2 Å². The number of rotatable bonds is 1. The largest absolute Gasteiger partial charge is 0.293 e. The molecule has 2 nitrogen and oxygen atoms in total. The molecule has 12 heavy (non-hydrogen) atoms. The normalized spacial score (nSPS) is 16.2. The van der Waals surface area contributed by atoms with Gasteiger partial charge in [-0.3, -0.25) is 10.3 Å². The molecule has 0 saturated carbocycles. The highest BCUT2D eigenvalue weighted by Crippen LogP contribution is 2.16. The lowest BCUT2D eigenvalue weighted by Crippen LogP contribution is -2.14. The molecule has 0 saturated heterocycles. The van der Waals surface area contributed by atoms with Gasteiger partial charge in [0.1, 0.15) is 0 Å². The Morgan fingerprint density at radius 1 is 1.33 bits per heavy atom. The maximum absolute atomic E-state index is 6.00. The number of nitrogens with one attached hydrogen (secondary N) is 1. The molecular formula is C9H9ClN2. The molecule has 1 aliphatic rings. The number of hydrogen-bond donors (Lipinski definition) is 1. The predicted octanol–water partition coefficient (Wildman–Crippen LogP) is 1.69. The molecule has 0 unspecified atom stereocenters. The van der Waals surface area contributed by atoms with E-state index in [0.717, 1.165) is 22.8 Å². The van der Waals surface area contributed by atoms with Crippen molar-refractivity contribution in [3.8, 4) is 0 Å². The van der Waals surface area contributed by atoms with Crippen LogP contribution in [0.1, 0.15) is 5.56 Å². The minimum absolute atomic E-state index is 0.709. The van der Waals surface area contributed by atoms with Crippen LogP contribution in [0.25, 0.3) is 0 Å². The van der Waals surface area contributed by atoms with E-state index in [1.54, 1.807) is 0 Å². The zero-order chi connectivity index (χ0) is 8.39. The molecule has 0 radical (unpaired) electrons. The lowest BCUT2D eigenvalue weighted by molar-refractivity contribution is 0.850. The molecule has 1 aromatic carbocycles. The van der Waals surface area contributed by atoms with Crippen molar-refractivity contribution >= 4 is 17.3 Å². The number of aliphatic imine (C=N–C) groups is 1. The van der Waals surface area contributed by atoms with E-state index in [1.165, 1.54) is 0 Å². The summed E-state index contributed by atoms with van der Waals surface area (Å²) in [5.74, 6) is 0. The Morgan fingerprint density at radius 2 is 2.17 bits per heavy atom. The van der Waals surface area contributed by atoms with Crippen LogP contribution in [-0.4, -0.2) is 18.9 Å². The average molecular weight is 181 g/mol. The maximum atomic E-state index is 6.00. The van der Waals surface area contributed by atoms with Crippen LogP contribution < -0.4 is 5.32 Å². The number of hydrogen-bond acceptors (Lipinski definition) is 2. The fourth-order valence-electron chi connectivity index (χ4n) is 1.26. The molecular weight excluding hydrogens is 172 g/mol. The topological polar surface area (TPSA) is 24.4 Å². The van der Waals surface area contributed by atoms with Crippen LogP contribution in [0.4, 0.5) is 0 Å². The molecule has 1 heterocycles. The molecule has 2 rings (SSSR count). The summed E-state index contributed by atoms with van der Waals surface area (Å²) in [6.45, 7) is 1.53. The Hall–Kier alpha value is -0.860. The highest BCUT2D eigenvalue weighted by atomic mass is 35.5. The third-order valence-electron chi connectivity index (χ3n) is 1.86. The predicted molar refractivity (Wildman–Crippen MR) is 50.9 cm³/mol. The van der Waals surface area contributed by atoms with Gasteiger partial charge in [0.25, 0.3) is 0 Å². The van der Waals surface area contributed by atoms with Gasteiger partial charge in [-0.05, 0) is 6.07 Å². The molecule has 0 spiro atoms. The van der Waals surface area contributed by atoms with Gasteiger partial charge in [0, 0.05) is 17.1 Å². The van der Waals surface area contributed by atoms with Crippen molar-refractivity contribution in [1.29, 1.82) is 0 Å². The molecule has 0 bridgehead atoms. The summed E-state index contributed by atoms with van der Waals surface area (Å²) in [7, 11) is 0. The van der Waals surface area contributed by atoms with E-state index in [2.05, 4.69) is 10.3 Å². The third-order valence-corrected chi connectivity index (χ3v) is 2.19. The smallest absolute Gasteiger partial charge is 0.0891 e. The summed E-state index contributed by atoms with van der Waals surface area (Å²) in [5, 5.41) is 3.91. The molecule has 0 aromatic heterocycles. The quantitative estimate of drug-likeness (QED) is 0.699. The van der Waals surface area contributed by atoms with Crippen LogP contribution >= 0.6 is 11.6 Å². The summed E-state index contributed by atoms with van der Waals surface area (Å²) in [4.78, 5) is 4.29. The Labute approximate surface area is 76.3 Å². The zero-order valence-electron chi connectivity index (χ0n) is 6.55. The van der Waals surface area contributed by atoms with E-state index in [4.69, 9.17) is 11.6 Å². The summed E-state index contributed by atoms with van der Waals surface area (Å²) in [5.41, 5.74) is 2.10. The summed E-state index contributed by atoms with van der Waals surface area (Å²) < 4.78 is 0. The van der Waals surface area contributed by atoms with Gasteiger partial charge in [-0.25, -0.2) is 0 Å². The Morgan fingerprint density at radius 3 is 2.83 bits per heavy atom. The van der Waals surface area contributed by atoms with Crippen LogP contribution in [0.3, 0.4) is 0 Å². The van der Waals surface area contributed by atoms with Crippen LogP contribution in [0.5, 0.6) is 0 Å². The van der Waals surface area contributed by atoms with Crippen molar-refractivity contribution in [3.63, 3.8) is 0 Å². The number of benzene rings is 1. The average Bonchev–Trinajstić information content (AvgIpc) is 2.57. The van der Waals surface area contributed by atoms with Gasteiger partial charge in [-0.15, -0.1) is 0 Å². The first-order valence-corrected chi connectivity index (χ1v) is 4.24. The minimum atomic E-state index is 0.709. The first-order chi connectivity index (χ1) is 5.88. The summed E-state index contributed by atoms with van der Waals surface area (Å²) >= 11 is 6.00. The Bertz CT molecular complexity index is 320. The molecule has 1 N–H and O–H groups in total. The molecule has 3 heteroatoms. The molecule has 0 amide bonds. The highest BCUT2D eigenvalue weighted by Gasteiger charge is 2.10. The fraction of sp³-hybridized carbons (Fsp3) is 0.222. The highest BCUT2D eigenvalue weighted by molar-refractivity contribution is 6.34. The number of halogens is 1. The van der Waals surface area contributed by atoms with Gasteiger partial charge in [-0.2, -0.15) is 0 Å². The van der Waals surface area contributed by atoms with Crippen molar-refractivity contribution in [1.82, 2.24) is 5.32 Å². The summed E-state index contributed by atoms with van der Waals surface area (Å²) in [6.07, 6.45) is 0. The van der Waals surface area contributed by atoms with Crippen LogP contribution in [-0.2, 0) is 0 Å². The van der Waals surface area contributed by atoms with E-state index in [1.807, 2.05) is 24.3 Å². The van der Waals surface area contributed by atoms with Gasteiger partial charge in [0.05, 0.1) is 12.4 Å². The van der Waals surface area contributed by atoms with Crippen LogP contribution in [0, 0.1) is 0 Å². The van der Waals surface area contributed by atoms with Crippen molar-refractivity contribution < 1.29 is 0 Å². The summed E-state index contributed by atoms with van der Waals surface area (Å²) in [6, 6.07) is 7.78. The first-order valence-electron chi connectivity index (χ1n) is 3.87. The molecule has 0 fully saturated rings. The zero-order valence-corrected chi connectivity index (χ0v) is 7.30. The molecule has 1 aromatic rings. The molecule has 0 aliphatic carbocycles. The van der Waals surface area contributed by atoms with Crippen LogP contribution in [0.15, 0.2) is 29.3 Å². The lowest BCUT2D eigenvalue weighted by Gasteiger charge is -2.01. The second-order valence-electron chi connectivity index (χ2n) is 2.67. The molecule has 1 aliphatic heterocycles. The van der Waals surface area contributed by atoms with E-state index >= 15 is 0 Å². The first kappa shape index (κ1) is 7.77. The molecule has 62 valence electrons. The Kier molecular flexibility index (Phi) is 2.11. The second kappa shape index (κ2) is 3.25. The van der Waals surface area contributed by atoms with Crippen LogP contribution in [0.2, 0.25) is 5.02 Å². The fourth-order valence-corrected chi connectivity index (χ4v) is 1.50.